The average Bonchev–Trinajstić information content (AvgIpc) is 2.05. The van der Waals surface area contributed by atoms with Crippen LogP contribution in [0.25, 0.3) is 0 Å². The highest BCUT2D eigenvalue weighted by Gasteiger charge is 2.03. The summed E-state index contributed by atoms with van der Waals surface area (Å²) in [7, 11) is 1.78. The van der Waals surface area contributed by atoms with Crippen LogP contribution in [-0.4, -0.2) is 12.1 Å². The fraction of sp³-hybridized carbons (Fsp3) is 0.125. The highest BCUT2D eigenvalue weighted by Crippen LogP contribution is 2.15. The molecule has 0 unspecified atom stereocenters. The minimum Gasteiger partial charge on any atom is -0.398 e. The maximum absolute atomic E-state index is 7.59. The van der Waals surface area contributed by atoms with Gasteiger partial charge in [0, 0.05) is 11.3 Å². The number of benzene rings is 1. The summed E-state index contributed by atoms with van der Waals surface area (Å²) in [5.41, 5.74) is 7.09. The Morgan fingerprint density at radius 1 is 1.50 bits per heavy atom. The zero-order valence-corrected chi connectivity index (χ0v) is 7.61. The monoisotopic (exact) mass is 181 g/mol. The number of nitrogens with two attached hydrogens (primary N) is 1. The average molecular weight is 181 g/mol. The lowest BCUT2D eigenvalue weighted by Crippen LogP contribution is -2.04. The van der Waals surface area contributed by atoms with Gasteiger partial charge in [-0.15, -0.1) is 0 Å². The SMILES string of the molecule is CNSC(=N)c1ccccc1N. The third kappa shape index (κ3) is 1.99. The molecule has 0 saturated carbocycles. The summed E-state index contributed by atoms with van der Waals surface area (Å²) >= 11 is 1.25. The van der Waals surface area contributed by atoms with Crippen LogP contribution >= 0.6 is 11.9 Å². The van der Waals surface area contributed by atoms with Crippen LogP contribution in [0, 0.1) is 5.41 Å². The van der Waals surface area contributed by atoms with Crippen LogP contribution in [0.2, 0.25) is 0 Å². The molecule has 0 aliphatic carbocycles. The summed E-state index contributed by atoms with van der Waals surface area (Å²) in [5.74, 6) is 0. The Hall–Kier alpha value is -1.00. The fourth-order valence-corrected chi connectivity index (χ4v) is 1.36. The molecule has 0 spiro atoms. The lowest BCUT2D eigenvalue weighted by atomic mass is 10.2. The molecular formula is C8H11N3S. The van der Waals surface area contributed by atoms with Crippen LogP contribution in [0.5, 0.6) is 0 Å². The standard InChI is InChI=1S/C8H11N3S/c1-11-12-8(10)6-4-2-3-5-7(6)9/h2-5,10-11H,9H2,1H3. The zero-order chi connectivity index (χ0) is 8.97. The predicted molar refractivity (Wildman–Crippen MR) is 54.3 cm³/mol. The van der Waals surface area contributed by atoms with Gasteiger partial charge in [0.15, 0.2) is 0 Å². The molecule has 12 heavy (non-hydrogen) atoms. The number of hydrogen-bond acceptors (Lipinski definition) is 4. The molecule has 64 valence electrons. The number of anilines is 1. The molecule has 0 radical (unpaired) electrons. The minimum atomic E-state index is 0.440. The van der Waals surface area contributed by atoms with Crippen molar-refractivity contribution < 1.29 is 0 Å². The molecule has 0 atom stereocenters. The van der Waals surface area contributed by atoms with E-state index in [0.717, 1.165) is 5.56 Å². The number of nitrogens with one attached hydrogen (secondary N) is 2. The Morgan fingerprint density at radius 2 is 2.17 bits per heavy atom. The summed E-state index contributed by atoms with van der Waals surface area (Å²) in [6, 6.07) is 7.36. The van der Waals surface area contributed by atoms with Crippen molar-refractivity contribution in [2.75, 3.05) is 12.8 Å². The Bertz CT molecular complexity index is 285. The van der Waals surface area contributed by atoms with Crippen molar-refractivity contribution in [2.24, 2.45) is 0 Å². The second-order valence-corrected chi connectivity index (χ2v) is 3.24. The third-order valence-corrected chi connectivity index (χ3v) is 2.04. The van der Waals surface area contributed by atoms with E-state index in [1.54, 1.807) is 13.1 Å². The lowest BCUT2D eigenvalue weighted by molar-refractivity contribution is 1.31. The zero-order valence-electron chi connectivity index (χ0n) is 6.79. The van der Waals surface area contributed by atoms with Crippen LogP contribution in [-0.2, 0) is 0 Å². The molecule has 0 heterocycles. The Balaban J connectivity index is 2.87. The maximum atomic E-state index is 7.59. The van der Waals surface area contributed by atoms with E-state index < -0.39 is 0 Å². The van der Waals surface area contributed by atoms with Crippen molar-refractivity contribution in [1.29, 1.82) is 5.41 Å². The topological polar surface area (TPSA) is 61.9 Å². The van der Waals surface area contributed by atoms with Gasteiger partial charge in [-0.05, 0) is 25.1 Å². The Morgan fingerprint density at radius 3 is 2.75 bits per heavy atom. The van der Waals surface area contributed by atoms with E-state index in [-0.39, 0.29) is 0 Å². The molecule has 0 fully saturated rings. The molecule has 0 aliphatic rings. The molecule has 1 aromatic rings. The molecule has 1 aromatic carbocycles. The van der Waals surface area contributed by atoms with E-state index in [1.807, 2.05) is 18.2 Å². The van der Waals surface area contributed by atoms with Crippen LogP contribution in [0.4, 0.5) is 5.69 Å². The summed E-state index contributed by atoms with van der Waals surface area (Å²) in [4.78, 5) is 0. The number of rotatable bonds is 2. The fourth-order valence-electron chi connectivity index (χ4n) is 0.861. The van der Waals surface area contributed by atoms with E-state index >= 15 is 0 Å². The largest absolute Gasteiger partial charge is 0.398 e. The van der Waals surface area contributed by atoms with Gasteiger partial charge in [-0.3, -0.25) is 10.1 Å². The molecule has 0 amide bonds. The highest BCUT2D eigenvalue weighted by atomic mass is 32.2. The van der Waals surface area contributed by atoms with Gasteiger partial charge < -0.3 is 5.73 Å². The van der Waals surface area contributed by atoms with Crippen LogP contribution in [0.1, 0.15) is 5.56 Å². The highest BCUT2D eigenvalue weighted by molar-refractivity contribution is 8.12. The van der Waals surface area contributed by atoms with Gasteiger partial charge in [0.1, 0.15) is 5.04 Å². The van der Waals surface area contributed by atoms with Gasteiger partial charge in [-0.1, -0.05) is 18.2 Å². The minimum absolute atomic E-state index is 0.440. The molecular weight excluding hydrogens is 170 g/mol. The smallest absolute Gasteiger partial charge is 0.111 e. The van der Waals surface area contributed by atoms with E-state index in [9.17, 15) is 0 Å². The van der Waals surface area contributed by atoms with Gasteiger partial charge in [0.05, 0.1) is 0 Å². The number of hydrogen-bond donors (Lipinski definition) is 3. The Labute approximate surface area is 76.0 Å². The molecule has 0 aromatic heterocycles. The Kier molecular flexibility index (Phi) is 3.13. The second-order valence-electron chi connectivity index (χ2n) is 2.22. The molecule has 3 nitrogen and oxygen atoms in total. The van der Waals surface area contributed by atoms with E-state index in [2.05, 4.69) is 4.72 Å². The van der Waals surface area contributed by atoms with E-state index in [1.165, 1.54) is 11.9 Å². The van der Waals surface area contributed by atoms with E-state index in [0.29, 0.717) is 10.7 Å². The van der Waals surface area contributed by atoms with E-state index in [4.69, 9.17) is 11.1 Å². The normalized spacial score (nSPS) is 9.75. The van der Waals surface area contributed by atoms with Crippen molar-refractivity contribution in [3.8, 4) is 0 Å². The summed E-state index contributed by atoms with van der Waals surface area (Å²) in [6.07, 6.45) is 0. The van der Waals surface area contributed by atoms with Gasteiger partial charge in [-0.2, -0.15) is 0 Å². The predicted octanol–water partition coefficient (Wildman–Crippen LogP) is 1.46. The van der Waals surface area contributed by atoms with Gasteiger partial charge in [-0.25, -0.2) is 0 Å². The second kappa shape index (κ2) is 4.13. The van der Waals surface area contributed by atoms with Gasteiger partial charge >= 0.3 is 0 Å². The summed E-state index contributed by atoms with van der Waals surface area (Å²) in [6.45, 7) is 0. The lowest BCUT2D eigenvalue weighted by Gasteiger charge is -2.04. The third-order valence-electron chi connectivity index (χ3n) is 1.41. The van der Waals surface area contributed by atoms with Crippen molar-refractivity contribution in [3.63, 3.8) is 0 Å². The first-order valence-corrected chi connectivity index (χ1v) is 4.34. The first kappa shape index (κ1) is 9.09. The summed E-state index contributed by atoms with van der Waals surface area (Å²) < 4.78 is 2.83. The van der Waals surface area contributed by atoms with Crippen molar-refractivity contribution in [1.82, 2.24) is 4.72 Å². The first-order chi connectivity index (χ1) is 5.75. The molecule has 4 N–H and O–H groups in total. The van der Waals surface area contributed by atoms with Crippen LogP contribution in [0.3, 0.4) is 0 Å². The first-order valence-electron chi connectivity index (χ1n) is 3.52. The summed E-state index contributed by atoms with van der Waals surface area (Å²) in [5, 5.41) is 8.03. The van der Waals surface area contributed by atoms with Crippen molar-refractivity contribution >= 4 is 22.7 Å². The molecule has 4 heteroatoms. The van der Waals surface area contributed by atoms with Crippen molar-refractivity contribution in [3.05, 3.63) is 29.8 Å². The molecule has 0 bridgehead atoms. The molecule has 0 saturated heterocycles. The molecule has 0 aliphatic heterocycles. The number of para-hydroxylation sites is 1. The van der Waals surface area contributed by atoms with Crippen LogP contribution in [0.15, 0.2) is 24.3 Å². The quantitative estimate of drug-likeness (QED) is 0.280. The van der Waals surface area contributed by atoms with Gasteiger partial charge in [0.2, 0.25) is 0 Å². The van der Waals surface area contributed by atoms with Crippen molar-refractivity contribution in [2.45, 2.75) is 0 Å². The maximum Gasteiger partial charge on any atom is 0.111 e. The van der Waals surface area contributed by atoms with Gasteiger partial charge in [0.25, 0.3) is 0 Å². The number of nitrogen functional groups attached to an aromatic ring is 1. The van der Waals surface area contributed by atoms with Crippen LogP contribution < -0.4 is 10.5 Å². The molecule has 1 rings (SSSR count).